The number of aryl methyl sites for hydroxylation is 1. The van der Waals surface area contributed by atoms with Crippen molar-refractivity contribution in [3.05, 3.63) is 29.3 Å². The van der Waals surface area contributed by atoms with E-state index in [0.717, 1.165) is 31.1 Å². The molecule has 1 fully saturated rings. The smallest absolute Gasteiger partial charge is 0.369 e. The molecule has 0 amide bonds. The van der Waals surface area contributed by atoms with E-state index in [2.05, 4.69) is 24.1 Å². The third-order valence-corrected chi connectivity index (χ3v) is 3.67. The van der Waals surface area contributed by atoms with Gasteiger partial charge in [0.2, 0.25) is 0 Å². The molecule has 0 saturated carbocycles. The van der Waals surface area contributed by atoms with Crippen LogP contribution in [0.25, 0.3) is 0 Å². The van der Waals surface area contributed by atoms with Crippen LogP contribution in [-0.4, -0.2) is 25.2 Å². The van der Waals surface area contributed by atoms with Crippen LogP contribution in [0.5, 0.6) is 0 Å². The highest BCUT2D eigenvalue weighted by Gasteiger charge is 2.32. The monoisotopic (exact) mass is 286 g/mol. The lowest BCUT2D eigenvalue weighted by Gasteiger charge is -2.32. The van der Waals surface area contributed by atoms with Gasteiger partial charge in [-0.2, -0.15) is 13.2 Å². The standard InChI is InChI=1S/C15H21F3N2/c1-11-5-6-12(15(16,17)18)9-13(11)20-8-4-7-19-14(2,3)10-20/h5-6,9,19H,4,7-8,10H2,1-3H3. The Morgan fingerprint density at radius 1 is 1.25 bits per heavy atom. The number of nitrogens with one attached hydrogen (secondary N) is 1. The quantitative estimate of drug-likeness (QED) is 0.848. The number of rotatable bonds is 1. The second-order valence-electron chi connectivity index (χ2n) is 6.08. The Labute approximate surface area is 118 Å². The lowest BCUT2D eigenvalue weighted by Crippen LogP contribution is -2.46. The van der Waals surface area contributed by atoms with E-state index < -0.39 is 11.7 Å². The summed E-state index contributed by atoms with van der Waals surface area (Å²) in [5.74, 6) is 0. The van der Waals surface area contributed by atoms with Crippen LogP contribution in [0.4, 0.5) is 18.9 Å². The topological polar surface area (TPSA) is 15.3 Å². The minimum atomic E-state index is -4.29. The van der Waals surface area contributed by atoms with Gasteiger partial charge >= 0.3 is 6.18 Å². The van der Waals surface area contributed by atoms with Gasteiger partial charge in [-0.1, -0.05) is 6.07 Å². The molecule has 1 saturated heterocycles. The number of halogens is 3. The fourth-order valence-electron chi connectivity index (χ4n) is 2.64. The first-order chi connectivity index (χ1) is 9.19. The van der Waals surface area contributed by atoms with Gasteiger partial charge in [-0.15, -0.1) is 0 Å². The lowest BCUT2D eigenvalue weighted by atomic mass is 10.0. The van der Waals surface area contributed by atoms with Crippen LogP contribution in [0, 0.1) is 6.92 Å². The lowest BCUT2D eigenvalue weighted by molar-refractivity contribution is -0.137. The Bertz CT molecular complexity index is 480. The van der Waals surface area contributed by atoms with E-state index in [1.54, 1.807) is 6.07 Å². The predicted octanol–water partition coefficient (Wildman–Crippen LogP) is 3.59. The minimum absolute atomic E-state index is 0.100. The first kappa shape index (κ1) is 15.2. The van der Waals surface area contributed by atoms with Gasteiger partial charge < -0.3 is 10.2 Å². The molecule has 0 aromatic heterocycles. The Kier molecular flexibility index (Phi) is 4.00. The average Bonchev–Trinajstić information content (AvgIpc) is 2.49. The largest absolute Gasteiger partial charge is 0.416 e. The third-order valence-electron chi connectivity index (χ3n) is 3.67. The van der Waals surface area contributed by atoms with Crippen LogP contribution in [0.15, 0.2) is 18.2 Å². The average molecular weight is 286 g/mol. The molecule has 2 nitrogen and oxygen atoms in total. The normalized spacial score (nSPS) is 19.8. The zero-order valence-corrected chi connectivity index (χ0v) is 12.1. The Morgan fingerprint density at radius 3 is 2.60 bits per heavy atom. The van der Waals surface area contributed by atoms with Crippen LogP contribution in [-0.2, 0) is 6.18 Å². The summed E-state index contributed by atoms with van der Waals surface area (Å²) in [6, 6.07) is 3.99. The molecular weight excluding hydrogens is 265 g/mol. The maximum absolute atomic E-state index is 12.9. The van der Waals surface area contributed by atoms with Gasteiger partial charge in [0.25, 0.3) is 0 Å². The van der Waals surface area contributed by atoms with Gasteiger partial charge in [0.15, 0.2) is 0 Å². The fourth-order valence-corrected chi connectivity index (χ4v) is 2.64. The molecule has 1 aliphatic heterocycles. The van der Waals surface area contributed by atoms with E-state index in [1.807, 2.05) is 6.92 Å². The van der Waals surface area contributed by atoms with E-state index in [0.29, 0.717) is 12.2 Å². The SMILES string of the molecule is Cc1ccc(C(F)(F)F)cc1N1CCCNC(C)(C)C1. The van der Waals surface area contributed by atoms with E-state index in [1.165, 1.54) is 6.07 Å². The summed E-state index contributed by atoms with van der Waals surface area (Å²) in [4.78, 5) is 2.06. The number of alkyl halides is 3. The Balaban J connectivity index is 2.35. The molecule has 0 atom stereocenters. The molecule has 1 aromatic carbocycles. The highest BCUT2D eigenvalue weighted by molar-refractivity contribution is 5.56. The van der Waals surface area contributed by atoms with Gasteiger partial charge in [0, 0.05) is 24.3 Å². The molecule has 1 heterocycles. The van der Waals surface area contributed by atoms with E-state index in [-0.39, 0.29) is 5.54 Å². The summed E-state index contributed by atoms with van der Waals surface area (Å²) in [6.07, 6.45) is -3.36. The summed E-state index contributed by atoms with van der Waals surface area (Å²) in [5, 5.41) is 3.42. The van der Waals surface area contributed by atoms with Crippen molar-refractivity contribution in [2.24, 2.45) is 0 Å². The summed E-state index contributed by atoms with van der Waals surface area (Å²) in [5.41, 5.74) is 0.900. The maximum Gasteiger partial charge on any atom is 0.416 e. The number of nitrogens with zero attached hydrogens (tertiary/aromatic N) is 1. The first-order valence-corrected chi connectivity index (χ1v) is 6.87. The van der Waals surface area contributed by atoms with Crippen molar-refractivity contribution in [3.63, 3.8) is 0 Å². The summed E-state index contributed by atoms with van der Waals surface area (Å²) in [7, 11) is 0. The zero-order chi connectivity index (χ0) is 15.0. The summed E-state index contributed by atoms with van der Waals surface area (Å²) < 4.78 is 38.6. The molecule has 0 aliphatic carbocycles. The van der Waals surface area contributed by atoms with Crippen LogP contribution in [0.2, 0.25) is 0 Å². The summed E-state index contributed by atoms with van der Waals surface area (Å²) in [6.45, 7) is 8.39. The Morgan fingerprint density at radius 2 is 1.95 bits per heavy atom. The van der Waals surface area contributed by atoms with Gasteiger partial charge in [-0.05, 0) is 51.4 Å². The fraction of sp³-hybridized carbons (Fsp3) is 0.600. The van der Waals surface area contributed by atoms with Crippen molar-refractivity contribution in [1.29, 1.82) is 0 Å². The van der Waals surface area contributed by atoms with Crippen LogP contribution in [0.1, 0.15) is 31.4 Å². The molecule has 20 heavy (non-hydrogen) atoms. The van der Waals surface area contributed by atoms with E-state index in [9.17, 15) is 13.2 Å². The number of anilines is 1. The van der Waals surface area contributed by atoms with Crippen LogP contribution >= 0.6 is 0 Å². The second kappa shape index (κ2) is 5.28. The van der Waals surface area contributed by atoms with E-state index in [4.69, 9.17) is 0 Å². The molecule has 0 radical (unpaired) electrons. The minimum Gasteiger partial charge on any atom is -0.369 e. The van der Waals surface area contributed by atoms with Gasteiger partial charge in [0.1, 0.15) is 0 Å². The molecule has 112 valence electrons. The molecule has 1 aliphatic rings. The molecule has 2 rings (SSSR count). The number of hydrogen-bond donors (Lipinski definition) is 1. The predicted molar refractivity (Wildman–Crippen MR) is 75.1 cm³/mol. The molecule has 0 spiro atoms. The van der Waals surface area contributed by atoms with Gasteiger partial charge in [0.05, 0.1) is 5.56 Å². The van der Waals surface area contributed by atoms with Crippen molar-refractivity contribution in [1.82, 2.24) is 5.32 Å². The second-order valence-corrected chi connectivity index (χ2v) is 6.08. The zero-order valence-electron chi connectivity index (χ0n) is 12.1. The van der Waals surface area contributed by atoms with Gasteiger partial charge in [-0.3, -0.25) is 0 Å². The molecule has 1 aromatic rings. The van der Waals surface area contributed by atoms with Gasteiger partial charge in [-0.25, -0.2) is 0 Å². The van der Waals surface area contributed by atoms with Crippen molar-refractivity contribution < 1.29 is 13.2 Å². The molecule has 5 heteroatoms. The van der Waals surface area contributed by atoms with Crippen LogP contribution in [0.3, 0.4) is 0 Å². The van der Waals surface area contributed by atoms with Crippen molar-refractivity contribution in [3.8, 4) is 0 Å². The van der Waals surface area contributed by atoms with Crippen molar-refractivity contribution in [2.45, 2.75) is 38.9 Å². The Hall–Kier alpha value is -1.23. The highest BCUT2D eigenvalue weighted by atomic mass is 19.4. The van der Waals surface area contributed by atoms with Crippen LogP contribution < -0.4 is 10.2 Å². The van der Waals surface area contributed by atoms with E-state index >= 15 is 0 Å². The molecular formula is C15H21F3N2. The molecule has 1 N–H and O–H groups in total. The first-order valence-electron chi connectivity index (χ1n) is 6.87. The maximum atomic E-state index is 12.9. The van der Waals surface area contributed by atoms with Crippen molar-refractivity contribution >= 4 is 5.69 Å². The molecule has 0 unspecified atom stereocenters. The third kappa shape index (κ3) is 3.45. The summed E-state index contributed by atoms with van der Waals surface area (Å²) >= 11 is 0. The van der Waals surface area contributed by atoms with Crippen molar-refractivity contribution in [2.75, 3.05) is 24.5 Å². The molecule has 0 bridgehead atoms. The number of benzene rings is 1. The number of hydrogen-bond acceptors (Lipinski definition) is 2. The highest BCUT2D eigenvalue weighted by Crippen LogP contribution is 2.34.